The van der Waals surface area contributed by atoms with Gasteiger partial charge < -0.3 is 24.2 Å². The smallest absolute Gasteiger partial charge is 0.135 e. The molecule has 1 aliphatic rings. The van der Waals surface area contributed by atoms with Gasteiger partial charge >= 0.3 is 0 Å². The van der Waals surface area contributed by atoms with Gasteiger partial charge in [0.1, 0.15) is 17.7 Å². The number of rotatable bonds is 4. The van der Waals surface area contributed by atoms with Crippen LogP contribution in [-0.4, -0.2) is 42.4 Å². The van der Waals surface area contributed by atoms with Crippen LogP contribution in [0.3, 0.4) is 0 Å². The predicted molar refractivity (Wildman–Crippen MR) is 99.9 cm³/mol. The van der Waals surface area contributed by atoms with Crippen LogP contribution >= 0.6 is 0 Å². The fraction of sp³-hybridized carbons (Fsp3) is 0.368. The lowest BCUT2D eigenvalue weighted by atomic mass is 10.1. The second-order valence-electron chi connectivity index (χ2n) is 6.24. The molecule has 0 fully saturated rings. The maximum atomic E-state index is 5.73. The highest BCUT2D eigenvalue weighted by Crippen LogP contribution is 2.49. The van der Waals surface area contributed by atoms with Gasteiger partial charge in [-0.25, -0.2) is 0 Å². The molecule has 0 N–H and O–H groups in total. The first-order valence-electron chi connectivity index (χ1n) is 7.97. The van der Waals surface area contributed by atoms with Crippen molar-refractivity contribution in [2.45, 2.75) is 6.17 Å². The summed E-state index contributed by atoms with van der Waals surface area (Å²) >= 11 is 0. The normalized spacial score (nSPS) is 13.9. The second kappa shape index (κ2) is 6.15. The number of hydrogen-bond donors (Lipinski definition) is 0. The number of para-hydroxylation sites is 2. The molecule has 0 aliphatic carbocycles. The average Bonchev–Trinajstić information content (AvgIpc) is 2.85. The van der Waals surface area contributed by atoms with E-state index in [4.69, 9.17) is 9.47 Å². The summed E-state index contributed by atoms with van der Waals surface area (Å²) in [6, 6.07) is 12.5. The Morgan fingerprint density at radius 1 is 0.875 bits per heavy atom. The lowest BCUT2D eigenvalue weighted by Gasteiger charge is -2.31. The molecule has 0 amide bonds. The van der Waals surface area contributed by atoms with Crippen molar-refractivity contribution in [3.8, 4) is 11.5 Å². The number of hydrogen-bond acceptors (Lipinski definition) is 5. The van der Waals surface area contributed by atoms with Crippen molar-refractivity contribution in [3.63, 3.8) is 0 Å². The van der Waals surface area contributed by atoms with Crippen molar-refractivity contribution in [1.29, 1.82) is 0 Å². The van der Waals surface area contributed by atoms with Crippen molar-refractivity contribution < 1.29 is 9.47 Å². The molecule has 1 aliphatic heterocycles. The van der Waals surface area contributed by atoms with Crippen LogP contribution in [0.25, 0.3) is 0 Å². The zero-order valence-corrected chi connectivity index (χ0v) is 15.2. The van der Waals surface area contributed by atoms with Crippen molar-refractivity contribution >= 4 is 17.1 Å². The molecule has 3 rings (SSSR count). The minimum Gasteiger partial charge on any atom is -0.496 e. The average molecular weight is 327 g/mol. The Hall–Kier alpha value is -2.56. The minimum absolute atomic E-state index is 0.0171. The van der Waals surface area contributed by atoms with E-state index in [1.807, 2.05) is 19.0 Å². The number of methoxy groups -OCH3 is 2. The summed E-state index contributed by atoms with van der Waals surface area (Å²) in [4.78, 5) is 6.56. The Morgan fingerprint density at radius 3 is 1.71 bits per heavy atom. The predicted octanol–water partition coefficient (Wildman–Crippen LogP) is 3.35. The minimum atomic E-state index is 0.0171. The van der Waals surface area contributed by atoms with Crippen LogP contribution in [-0.2, 0) is 0 Å². The molecule has 24 heavy (non-hydrogen) atoms. The van der Waals surface area contributed by atoms with Crippen LogP contribution in [0.1, 0.15) is 11.7 Å². The molecule has 5 nitrogen and oxygen atoms in total. The third-order valence-electron chi connectivity index (χ3n) is 4.68. The fourth-order valence-electron chi connectivity index (χ4n) is 3.41. The van der Waals surface area contributed by atoms with E-state index in [1.165, 1.54) is 11.4 Å². The third kappa shape index (κ3) is 2.40. The zero-order valence-electron chi connectivity index (χ0n) is 15.2. The van der Waals surface area contributed by atoms with Gasteiger partial charge in [-0.05, 0) is 12.1 Å². The molecule has 2 aromatic rings. The van der Waals surface area contributed by atoms with Gasteiger partial charge in [0, 0.05) is 46.0 Å². The Kier molecular flexibility index (Phi) is 4.18. The molecule has 0 saturated carbocycles. The number of benzene rings is 2. The Morgan fingerprint density at radius 2 is 1.33 bits per heavy atom. The van der Waals surface area contributed by atoms with Gasteiger partial charge in [-0.15, -0.1) is 0 Å². The summed E-state index contributed by atoms with van der Waals surface area (Å²) in [5.41, 5.74) is 4.48. The lowest BCUT2D eigenvalue weighted by Crippen LogP contribution is -2.31. The van der Waals surface area contributed by atoms with Gasteiger partial charge in [-0.2, -0.15) is 0 Å². The van der Waals surface area contributed by atoms with Crippen LogP contribution in [0.2, 0.25) is 0 Å². The summed E-state index contributed by atoms with van der Waals surface area (Å²) in [7, 11) is 11.6. The maximum absolute atomic E-state index is 5.73. The molecular formula is C19H25N3O2. The summed E-state index contributed by atoms with van der Waals surface area (Å²) in [6.45, 7) is 0. The van der Waals surface area contributed by atoms with E-state index >= 15 is 0 Å². The molecule has 2 aromatic carbocycles. The van der Waals surface area contributed by atoms with Crippen molar-refractivity contribution in [2.24, 2.45) is 0 Å². The summed E-state index contributed by atoms with van der Waals surface area (Å²) in [5.74, 6) is 1.66. The molecule has 0 aromatic heterocycles. The molecule has 1 heterocycles. The highest BCUT2D eigenvalue weighted by Gasteiger charge is 2.36. The fourth-order valence-corrected chi connectivity index (χ4v) is 3.41. The molecule has 0 saturated heterocycles. The van der Waals surface area contributed by atoms with E-state index < -0.39 is 0 Å². The zero-order chi connectivity index (χ0) is 17.4. The van der Waals surface area contributed by atoms with Crippen LogP contribution in [0, 0.1) is 0 Å². The van der Waals surface area contributed by atoms with Gasteiger partial charge in [-0.1, -0.05) is 12.1 Å². The van der Waals surface area contributed by atoms with Crippen molar-refractivity contribution in [3.05, 3.63) is 42.0 Å². The topological polar surface area (TPSA) is 28.2 Å². The molecule has 128 valence electrons. The van der Waals surface area contributed by atoms with Crippen molar-refractivity contribution in [2.75, 3.05) is 57.1 Å². The van der Waals surface area contributed by atoms with E-state index in [0.717, 1.165) is 22.7 Å². The van der Waals surface area contributed by atoms with E-state index in [2.05, 4.69) is 60.3 Å². The third-order valence-corrected chi connectivity index (χ3v) is 4.68. The number of fused-ring (bicyclic) bond motifs is 1. The van der Waals surface area contributed by atoms with Gasteiger partial charge in [0.15, 0.2) is 0 Å². The maximum Gasteiger partial charge on any atom is 0.135 e. The van der Waals surface area contributed by atoms with Crippen LogP contribution < -0.4 is 24.2 Å². The van der Waals surface area contributed by atoms with Gasteiger partial charge in [0.2, 0.25) is 0 Å². The van der Waals surface area contributed by atoms with Crippen LogP contribution in [0.15, 0.2) is 36.4 Å². The lowest BCUT2D eigenvalue weighted by molar-refractivity contribution is 0.378. The Bertz CT molecular complexity index is 691. The van der Waals surface area contributed by atoms with E-state index in [1.54, 1.807) is 14.2 Å². The molecule has 0 bridgehead atoms. The SMILES string of the molecule is COc1cc(N(C)C)cc(OC)c1C1N(C)c2ccccc2N1C. The standard InChI is InChI=1S/C19H25N3O2/c1-20(2)13-11-16(23-5)18(17(12-13)24-6)19-21(3)14-9-7-8-10-15(14)22(19)4/h7-12,19H,1-6H3. The summed E-state index contributed by atoms with van der Waals surface area (Å²) in [5, 5.41) is 0. The number of nitrogens with zero attached hydrogens (tertiary/aromatic N) is 3. The molecule has 0 atom stereocenters. The highest BCUT2D eigenvalue weighted by atomic mass is 16.5. The molecule has 0 spiro atoms. The van der Waals surface area contributed by atoms with Crippen molar-refractivity contribution in [1.82, 2.24) is 0 Å². The number of anilines is 3. The van der Waals surface area contributed by atoms with Gasteiger partial charge in [0.25, 0.3) is 0 Å². The molecule has 5 heteroatoms. The molecular weight excluding hydrogens is 302 g/mol. The Balaban J connectivity index is 2.16. The quantitative estimate of drug-likeness (QED) is 0.859. The molecule has 0 radical (unpaired) electrons. The summed E-state index contributed by atoms with van der Waals surface area (Å²) < 4.78 is 11.5. The first kappa shape index (κ1) is 16.3. The van der Waals surface area contributed by atoms with Gasteiger partial charge in [0.05, 0.1) is 31.2 Å². The van der Waals surface area contributed by atoms with Crippen LogP contribution in [0.4, 0.5) is 17.1 Å². The first-order valence-corrected chi connectivity index (χ1v) is 7.97. The van der Waals surface area contributed by atoms with E-state index in [0.29, 0.717) is 0 Å². The monoisotopic (exact) mass is 327 g/mol. The van der Waals surface area contributed by atoms with Gasteiger partial charge in [-0.3, -0.25) is 0 Å². The largest absolute Gasteiger partial charge is 0.496 e. The van der Waals surface area contributed by atoms with Crippen LogP contribution in [0.5, 0.6) is 11.5 Å². The second-order valence-corrected chi connectivity index (χ2v) is 6.24. The Labute approximate surface area is 144 Å². The highest BCUT2D eigenvalue weighted by molar-refractivity contribution is 5.79. The van der Waals surface area contributed by atoms with E-state index in [9.17, 15) is 0 Å². The number of ether oxygens (including phenoxy) is 2. The summed E-state index contributed by atoms with van der Waals surface area (Å²) in [6.07, 6.45) is 0.0171. The molecule has 0 unspecified atom stereocenters. The first-order chi connectivity index (χ1) is 11.5. The van der Waals surface area contributed by atoms with E-state index in [-0.39, 0.29) is 6.17 Å².